The Hall–Kier alpha value is -0.840. The zero-order chi connectivity index (χ0) is 16.9. The molecule has 3 nitrogen and oxygen atoms in total. The lowest BCUT2D eigenvalue weighted by Crippen LogP contribution is -2.10. The molecule has 2 aromatic rings. The molecule has 0 heterocycles. The highest BCUT2D eigenvalue weighted by Crippen LogP contribution is 2.31. The van der Waals surface area contributed by atoms with Gasteiger partial charge in [-0.05, 0) is 44.4 Å². The summed E-state index contributed by atoms with van der Waals surface area (Å²) in [6.07, 6.45) is 0. The van der Waals surface area contributed by atoms with Crippen molar-refractivity contribution in [2.75, 3.05) is 14.1 Å². The van der Waals surface area contributed by atoms with E-state index >= 15 is 0 Å². The molecule has 7 heteroatoms. The van der Waals surface area contributed by atoms with E-state index in [1.165, 1.54) is 18.2 Å². The van der Waals surface area contributed by atoms with E-state index in [1.54, 1.807) is 12.1 Å². The number of phenolic OH excluding ortho intramolecular Hbond substituents is 2. The molecule has 0 saturated heterocycles. The van der Waals surface area contributed by atoms with Gasteiger partial charge in [0.2, 0.25) is 0 Å². The van der Waals surface area contributed by atoms with Crippen molar-refractivity contribution in [3.05, 3.63) is 56.0 Å². The summed E-state index contributed by atoms with van der Waals surface area (Å²) in [5.41, 5.74) is 0.738. The Kier molecular flexibility index (Phi) is 7.60. The molecule has 0 saturated carbocycles. The van der Waals surface area contributed by atoms with Crippen molar-refractivity contribution in [1.29, 1.82) is 0 Å². The maximum absolute atomic E-state index is 9.55. The number of benzene rings is 2. The van der Waals surface area contributed by atoms with Gasteiger partial charge in [-0.15, -0.1) is 0 Å². The first-order valence-corrected chi connectivity index (χ1v) is 7.67. The normalized spacial score (nSPS) is 10.3. The molecule has 0 unspecified atom stereocenters. The lowest BCUT2D eigenvalue weighted by molar-refractivity contribution is 0.386. The summed E-state index contributed by atoms with van der Waals surface area (Å²) in [5, 5.41) is 20.0. The molecule has 0 aliphatic heterocycles. The number of hydrogen-bond acceptors (Lipinski definition) is 3. The summed E-state index contributed by atoms with van der Waals surface area (Å²) in [6.45, 7) is 0.617. The Labute approximate surface area is 149 Å². The molecule has 0 aliphatic carbocycles. The molecule has 0 radical (unpaired) electrons. The second kappa shape index (κ2) is 8.70. The quantitative estimate of drug-likeness (QED) is 0.724. The van der Waals surface area contributed by atoms with Crippen LogP contribution in [0.15, 0.2) is 30.3 Å². The van der Waals surface area contributed by atoms with Gasteiger partial charge in [0.1, 0.15) is 11.5 Å². The molecule has 2 rings (SSSR count). The van der Waals surface area contributed by atoms with Crippen molar-refractivity contribution in [1.82, 2.24) is 4.90 Å². The summed E-state index contributed by atoms with van der Waals surface area (Å²) < 4.78 is 0. The van der Waals surface area contributed by atoms with Crippen molar-refractivity contribution >= 4 is 46.4 Å². The number of phenols is 2. The average molecular weight is 383 g/mol. The van der Waals surface area contributed by atoms with Gasteiger partial charge in [0.25, 0.3) is 0 Å². The second-order valence-corrected chi connectivity index (χ2v) is 6.42. The lowest BCUT2D eigenvalue weighted by atomic mass is 10.2. The van der Waals surface area contributed by atoms with E-state index in [0.717, 1.165) is 5.56 Å². The van der Waals surface area contributed by atoms with Crippen molar-refractivity contribution in [3.8, 4) is 11.5 Å². The van der Waals surface area contributed by atoms with E-state index in [2.05, 4.69) is 0 Å². The van der Waals surface area contributed by atoms with Crippen LogP contribution in [0.25, 0.3) is 0 Å². The van der Waals surface area contributed by atoms with Crippen LogP contribution in [0.4, 0.5) is 0 Å². The summed E-state index contributed by atoms with van der Waals surface area (Å²) in [7, 11) is 3.82. The predicted octanol–water partition coefficient (Wildman–Crippen LogP) is 5.46. The van der Waals surface area contributed by atoms with Crippen LogP contribution in [-0.2, 0) is 6.54 Å². The fourth-order valence-electron chi connectivity index (χ4n) is 1.56. The van der Waals surface area contributed by atoms with Crippen molar-refractivity contribution in [2.45, 2.75) is 6.54 Å². The first-order chi connectivity index (χ1) is 10.2. The van der Waals surface area contributed by atoms with Gasteiger partial charge in [0, 0.05) is 22.2 Å². The second-order valence-electron chi connectivity index (χ2n) is 4.73. The number of halogens is 4. The van der Waals surface area contributed by atoms with Gasteiger partial charge in [-0.1, -0.05) is 46.4 Å². The fourth-order valence-corrected chi connectivity index (χ4v) is 2.51. The van der Waals surface area contributed by atoms with Crippen LogP contribution < -0.4 is 0 Å². The summed E-state index contributed by atoms with van der Waals surface area (Å²) in [5.74, 6) is 0.167. The molecular weight excluding hydrogens is 368 g/mol. The first-order valence-electron chi connectivity index (χ1n) is 6.16. The van der Waals surface area contributed by atoms with E-state index in [0.29, 0.717) is 21.6 Å². The van der Waals surface area contributed by atoms with Gasteiger partial charge < -0.3 is 15.1 Å². The van der Waals surface area contributed by atoms with Gasteiger partial charge in [-0.25, -0.2) is 0 Å². The molecule has 0 aromatic heterocycles. The summed E-state index contributed by atoms with van der Waals surface area (Å²) in [6, 6.07) is 7.74. The van der Waals surface area contributed by atoms with Crippen LogP contribution in [0, 0.1) is 0 Å². The average Bonchev–Trinajstić information content (AvgIpc) is 2.40. The summed E-state index contributed by atoms with van der Waals surface area (Å²) in [4.78, 5) is 1.93. The third-order valence-electron chi connectivity index (χ3n) is 2.50. The minimum atomic E-state index is 0.0565. The molecule has 0 amide bonds. The minimum absolute atomic E-state index is 0.0565. The van der Waals surface area contributed by atoms with E-state index in [9.17, 15) is 5.11 Å². The van der Waals surface area contributed by atoms with E-state index in [4.69, 9.17) is 51.5 Å². The standard InChI is InChI=1S/C9H11Cl2NO.C6H4Cl2O/c1-12(2)5-6-3-7(10)4-8(11)9(6)13;7-4-1-2-6(9)5(8)3-4/h3-4,13H,5H2,1-2H3;1-3,9H. The highest BCUT2D eigenvalue weighted by Gasteiger charge is 2.08. The fraction of sp³-hybridized carbons (Fsp3) is 0.200. The van der Waals surface area contributed by atoms with Crippen molar-refractivity contribution in [3.63, 3.8) is 0 Å². The molecule has 0 atom stereocenters. The lowest BCUT2D eigenvalue weighted by Gasteiger charge is -2.12. The van der Waals surface area contributed by atoms with Crippen molar-refractivity contribution in [2.24, 2.45) is 0 Å². The van der Waals surface area contributed by atoms with Crippen LogP contribution in [0.3, 0.4) is 0 Å². The molecule has 0 spiro atoms. The van der Waals surface area contributed by atoms with Crippen molar-refractivity contribution < 1.29 is 10.2 Å². The SMILES string of the molecule is CN(C)Cc1cc(Cl)cc(Cl)c1O.Oc1ccc(Cl)cc1Cl. The zero-order valence-electron chi connectivity index (χ0n) is 11.9. The molecule has 2 aromatic carbocycles. The van der Waals surface area contributed by atoms with Crippen LogP contribution in [-0.4, -0.2) is 29.2 Å². The maximum Gasteiger partial charge on any atom is 0.138 e. The highest BCUT2D eigenvalue weighted by atomic mass is 35.5. The third-order valence-corrected chi connectivity index (χ3v) is 3.55. The minimum Gasteiger partial charge on any atom is -0.506 e. The zero-order valence-corrected chi connectivity index (χ0v) is 15.0. The van der Waals surface area contributed by atoms with Gasteiger partial charge in [-0.3, -0.25) is 0 Å². The Bertz CT molecular complexity index is 648. The third kappa shape index (κ3) is 6.11. The van der Waals surface area contributed by atoms with Crippen LogP contribution in [0.2, 0.25) is 20.1 Å². The predicted molar refractivity (Wildman–Crippen MR) is 93.6 cm³/mol. The molecule has 120 valence electrons. The van der Waals surface area contributed by atoms with E-state index in [1.807, 2.05) is 19.0 Å². The molecule has 0 aliphatic rings. The maximum atomic E-state index is 9.55. The molecule has 0 fully saturated rings. The van der Waals surface area contributed by atoms with Gasteiger partial charge in [0.15, 0.2) is 0 Å². The Morgan fingerprint density at radius 1 is 0.864 bits per heavy atom. The van der Waals surface area contributed by atoms with Gasteiger partial charge in [0.05, 0.1) is 10.0 Å². The highest BCUT2D eigenvalue weighted by molar-refractivity contribution is 6.36. The molecular formula is C15H15Cl4NO2. The number of hydrogen-bond donors (Lipinski definition) is 2. The summed E-state index contributed by atoms with van der Waals surface area (Å²) >= 11 is 22.5. The Morgan fingerprint density at radius 2 is 1.45 bits per heavy atom. The van der Waals surface area contributed by atoms with Gasteiger partial charge in [-0.2, -0.15) is 0 Å². The smallest absolute Gasteiger partial charge is 0.138 e. The monoisotopic (exact) mass is 381 g/mol. The first kappa shape index (κ1) is 19.2. The molecule has 22 heavy (non-hydrogen) atoms. The Morgan fingerprint density at radius 3 is 1.95 bits per heavy atom. The number of nitrogens with zero attached hydrogens (tertiary/aromatic N) is 1. The number of aromatic hydroxyl groups is 2. The molecule has 0 bridgehead atoms. The van der Waals surface area contributed by atoms with E-state index < -0.39 is 0 Å². The molecule has 2 N–H and O–H groups in total. The largest absolute Gasteiger partial charge is 0.506 e. The van der Waals surface area contributed by atoms with E-state index in [-0.39, 0.29) is 16.5 Å². The van der Waals surface area contributed by atoms with Gasteiger partial charge >= 0.3 is 0 Å². The van der Waals surface area contributed by atoms with Crippen LogP contribution in [0.1, 0.15) is 5.56 Å². The van der Waals surface area contributed by atoms with Crippen LogP contribution >= 0.6 is 46.4 Å². The topological polar surface area (TPSA) is 43.7 Å². The van der Waals surface area contributed by atoms with Crippen LogP contribution in [0.5, 0.6) is 11.5 Å². The number of rotatable bonds is 2. The Balaban J connectivity index is 0.000000235.